The second-order valence-electron chi connectivity index (χ2n) is 4.36. The van der Waals surface area contributed by atoms with Gasteiger partial charge in [0.25, 0.3) is 0 Å². The molecule has 2 atom stereocenters. The molecule has 0 saturated carbocycles. The smallest absolute Gasteiger partial charge is 0.211 e. The van der Waals surface area contributed by atoms with Gasteiger partial charge < -0.3 is 0 Å². The lowest BCUT2D eigenvalue weighted by atomic mass is 9.93. The Labute approximate surface area is 106 Å². The molecule has 0 N–H and O–H groups in total. The Morgan fingerprint density at radius 2 is 1.28 bits per heavy atom. The summed E-state index contributed by atoms with van der Waals surface area (Å²) in [6.45, 7) is 7.60. The summed E-state index contributed by atoms with van der Waals surface area (Å²) in [6, 6.07) is 3.48. The van der Waals surface area contributed by atoms with E-state index < -0.39 is 0 Å². The first-order valence-electron chi connectivity index (χ1n) is 5.76. The third-order valence-corrected chi connectivity index (χ3v) is 3.05. The van der Waals surface area contributed by atoms with Crippen LogP contribution in [0.15, 0.2) is 22.1 Å². The Kier molecular flexibility index (Phi) is 4.73. The highest BCUT2D eigenvalue weighted by molar-refractivity contribution is 5.44. The van der Waals surface area contributed by atoms with E-state index in [1.54, 1.807) is 12.2 Å². The van der Waals surface area contributed by atoms with E-state index in [2.05, 4.69) is 9.98 Å². The van der Waals surface area contributed by atoms with Crippen LogP contribution in [-0.2, 0) is 9.59 Å². The molecular weight excluding hydrogens is 228 g/mol. The molecule has 4 heteroatoms. The highest BCUT2D eigenvalue weighted by atomic mass is 16.1. The molecule has 1 aromatic carbocycles. The zero-order valence-electron chi connectivity index (χ0n) is 11.0. The summed E-state index contributed by atoms with van der Waals surface area (Å²) in [5.41, 5.74) is 4.02. The first kappa shape index (κ1) is 14.0. The maximum atomic E-state index is 10.3. The van der Waals surface area contributed by atoms with Crippen LogP contribution < -0.4 is 0 Å². The van der Waals surface area contributed by atoms with Gasteiger partial charge in [0, 0.05) is 0 Å². The summed E-state index contributed by atoms with van der Waals surface area (Å²) in [7, 11) is 0. The van der Waals surface area contributed by atoms with Crippen LogP contribution >= 0.6 is 0 Å². The van der Waals surface area contributed by atoms with Gasteiger partial charge in [-0.2, -0.15) is 9.98 Å². The minimum absolute atomic E-state index is 0.241. The van der Waals surface area contributed by atoms with Crippen molar-refractivity contribution in [1.82, 2.24) is 0 Å². The van der Waals surface area contributed by atoms with Gasteiger partial charge >= 0.3 is 0 Å². The van der Waals surface area contributed by atoms with Crippen molar-refractivity contribution in [2.24, 2.45) is 9.98 Å². The fraction of sp³-hybridized carbons (Fsp3) is 0.429. The third kappa shape index (κ3) is 3.01. The van der Waals surface area contributed by atoms with Crippen LogP contribution in [0.2, 0.25) is 0 Å². The van der Waals surface area contributed by atoms with Crippen molar-refractivity contribution in [3.8, 4) is 0 Å². The molecule has 0 saturated heterocycles. The van der Waals surface area contributed by atoms with Crippen molar-refractivity contribution in [3.05, 3.63) is 34.4 Å². The third-order valence-electron chi connectivity index (χ3n) is 3.05. The highest BCUT2D eigenvalue weighted by Gasteiger charge is 2.13. The number of carbonyl (C=O) groups excluding carboxylic acids is 2. The van der Waals surface area contributed by atoms with Gasteiger partial charge in [-0.05, 0) is 49.9 Å². The Morgan fingerprint density at radius 1 is 0.889 bits per heavy atom. The molecule has 0 aliphatic rings. The first-order chi connectivity index (χ1) is 8.51. The van der Waals surface area contributed by atoms with Crippen LogP contribution in [0.3, 0.4) is 0 Å². The summed E-state index contributed by atoms with van der Waals surface area (Å²) >= 11 is 0. The molecule has 2 unspecified atom stereocenters. The molecule has 1 rings (SSSR count). The van der Waals surface area contributed by atoms with Crippen LogP contribution in [0, 0.1) is 13.8 Å². The average Bonchev–Trinajstić information content (AvgIpc) is 2.29. The van der Waals surface area contributed by atoms with Crippen LogP contribution in [0.5, 0.6) is 0 Å². The molecule has 18 heavy (non-hydrogen) atoms. The number of benzene rings is 1. The molecule has 0 bridgehead atoms. The van der Waals surface area contributed by atoms with Gasteiger partial charge in [-0.1, -0.05) is 12.1 Å². The van der Waals surface area contributed by atoms with Crippen molar-refractivity contribution < 1.29 is 9.59 Å². The van der Waals surface area contributed by atoms with Gasteiger partial charge in [-0.15, -0.1) is 0 Å². The Morgan fingerprint density at radius 3 is 1.61 bits per heavy atom. The Bertz CT molecular complexity index is 494. The zero-order valence-corrected chi connectivity index (χ0v) is 11.0. The molecule has 94 valence electrons. The van der Waals surface area contributed by atoms with Crippen molar-refractivity contribution in [2.75, 3.05) is 0 Å². The van der Waals surface area contributed by atoms with E-state index in [0.29, 0.717) is 0 Å². The summed E-state index contributed by atoms with van der Waals surface area (Å²) in [4.78, 5) is 28.1. The van der Waals surface area contributed by atoms with Gasteiger partial charge in [0.1, 0.15) is 0 Å². The molecule has 0 spiro atoms. The quantitative estimate of drug-likeness (QED) is 0.603. The lowest BCUT2D eigenvalue weighted by Crippen LogP contribution is -2.01. The summed E-state index contributed by atoms with van der Waals surface area (Å²) < 4.78 is 0. The first-order valence-corrected chi connectivity index (χ1v) is 5.76. The van der Waals surface area contributed by atoms with E-state index in [-0.39, 0.29) is 12.1 Å². The van der Waals surface area contributed by atoms with E-state index in [1.165, 1.54) is 0 Å². The molecule has 4 nitrogen and oxygen atoms in total. The van der Waals surface area contributed by atoms with Crippen molar-refractivity contribution >= 4 is 12.2 Å². The average molecular weight is 244 g/mol. The summed E-state index contributed by atoms with van der Waals surface area (Å²) in [5.74, 6) is 0. The van der Waals surface area contributed by atoms with Crippen molar-refractivity contribution in [1.29, 1.82) is 0 Å². The largest absolute Gasteiger partial charge is 0.235 e. The minimum atomic E-state index is -0.241. The molecule has 0 fully saturated rings. The van der Waals surface area contributed by atoms with Crippen LogP contribution in [-0.4, -0.2) is 12.2 Å². The zero-order chi connectivity index (χ0) is 13.7. The number of aliphatic imine (C=N–C) groups is 2. The van der Waals surface area contributed by atoms with Gasteiger partial charge in [-0.25, -0.2) is 9.59 Å². The molecule has 0 aromatic heterocycles. The lowest BCUT2D eigenvalue weighted by Gasteiger charge is -2.16. The monoisotopic (exact) mass is 244 g/mol. The fourth-order valence-corrected chi connectivity index (χ4v) is 2.08. The number of nitrogens with zero attached hydrogens (tertiary/aromatic N) is 2. The molecule has 0 radical (unpaired) electrons. The van der Waals surface area contributed by atoms with Gasteiger partial charge in [-0.3, -0.25) is 0 Å². The number of rotatable bonds is 4. The van der Waals surface area contributed by atoms with E-state index >= 15 is 0 Å². The van der Waals surface area contributed by atoms with Crippen LogP contribution in [0.1, 0.15) is 48.2 Å². The predicted molar refractivity (Wildman–Crippen MR) is 69.0 cm³/mol. The molecule has 1 aromatic rings. The van der Waals surface area contributed by atoms with Crippen LogP contribution in [0.4, 0.5) is 0 Å². The van der Waals surface area contributed by atoms with Crippen molar-refractivity contribution in [2.45, 2.75) is 39.8 Å². The Hall–Kier alpha value is -2.02. The Balaban J connectivity index is 3.33. The number of hydrogen-bond acceptors (Lipinski definition) is 4. The SMILES string of the molecule is Cc1cc(C)c(C(C)N=C=O)cc1C(C)N=C=O. The van der Waals surface area contributed by atoms with E-state index in [0.717, 1.165) is 22.3 Å². The number of isocyanates is 2. The van der Waals surface area contributed by atoms with E-state index in [9.17, 15) is 9.59 Å². The summed E-state index contributed by atoms with van der Waals surface area (Å²) in [6.07, 6.45) is 3.14. The van der Waals surface area contributed by atoms with Gasteiger partial charge in [0.2, 0.25) is 12.2 Å². The van der Waals surface area contributed by atoms with Gasteiger partial charge in [0.15, 0.2) is 0 Å². The number of hydrogen-bond donors (Lipinski definition) is 0. The maximum absolute atomic E-state index is 10.3. The molecular formula is C14H16N2O2. The van der Waals surface area contributed by atoms with Gasteiger partial charge in [0.05, 0.1) is 12.1 Å². The van der Waals surface area contributed by atoms with Crippen molar-refractivity contribution in [3.63, 3.8) is 0 Å². The lowest BCUT2D eigenvalue weighted by molar-refractivity contribution is 0.559. The maximum Gasteiger partial charge on any atom is 0.235 e. The fourth-order valence-electron chi connectivity index (χ4n) is 2.08. The highest BCUT2D eigenvalue weighted by Crippen LogP contribution is 2.28. The minimum Gasteiger partial charge on any atom is -0.211 e. The van der Waals surface area contributed by atoms with E-state index in [4.69, 9.17) is 0 Å². The standard InChI is InChI=1S/C14H16N2O2/c1-9-5-10(2)14(12(4)16-8-18)6-13(9)11(3)15-7-17/h5-6,11-12H,1-4H3. The predicted octanol–water partition coefficient (Wildman–Crippen LogP) is 3.10. The molecule has 0 aliphatic heterocycles. The number of aryl methyl sites for hydroxylation is 2. The second kappa shape index (κ2) is 6.06. The topological polar surface area (TPSA) is 58.9 Å². The summed E-state index contributed by atoms with van der Waals surface area (Å²) in [5, 5.41) is 0. The van der Waals surface area contributed by atoms with Crippen LogP contribution in [0.25, 0.3) is 0 Å². The molecule has 0 heterocycles. The van der Waals surface area contributed by atoms with E-state index in [1.807, 2.05) is 39.8 Å². The molecule has 0 amide bonds. The normalized spacial score (nSPS) is 13.1. The second-order valence-corrected chi connectivity index (χ2v) is 4.36. The molecule has 0 aliphatic carbocycles.